The van der Waals surface area contributed by atoms with Crippen LogP contribution >= 0.6 is 0 Å². The smallest absolute Gasteiger partial charge is 0.191 e. The fourth-order valence-corrected chi connectivity index (χ4v) is 3.47. The van der Waals surface area contributed by atoms with Crippen LogP contribution in [0.5, 0.6) is 0 Å². The molecule has 0 bridgehead atoms. The third-order valence-electron chi connectivity index (χ3n) is 5.16. The van der Waals surface area contributed by atoms with Crippen LogP contribution in [0.2, 0.25) is 0 Å². The zero-order valence-corrected chi connectivity index (χ0v) is 16.4. The van der Waals surface area contributed by atoms with Crippen LogP contribution in [0.1, 0.15) is 46.5 Å². The number of guanidine groups is 1. The minimum Gasteiger partial charge on any atom is -0.379 e. The maximum atomic E-state index is 5.89. The lowest BCUT2D eigenvalue weighted by molar-refractivity contribution is 0.0347. The third-order valence-corrected chi connectivity index (χ3v) is 5.16. The molecule has 25 heavy (non-hydrogen) atoms. The van der Waals surface area contributed by atoms with E-state index in [-0.39, 0.29) is 12.1 Å². The van der Waals surface area contributed by atoms with Gasteiger partial charge in [0, 0.05) is 25.7 Å². The van der Waals surface area contributed by atoms with E-state index in [1.54, 1.807) is 0 Å². The first-order chi connectivity index (χ1) is 12.2. The van der Waals surface area contributed by atoms with Crippen LogP contribution in [-0.2, 0) is 9.47 Å². The monoisotopic (exact) mass is 354 g/mol. The van der Waals surface area contributed by atoms with Crippen molar-refractivity contribution in [3.63, 3.8) is 0 Å². The maximum Gasteiger partial charge on any atom is 0.191 e. The van der Waals surface area contributed by atoms with Gasteiger partial charge >= 0.3 is 0 Å². The molecule has 0 amide bonds. The molecule has 0 radical (unpaired) electrons. The summed E-state index contributed by atoms with van der Waals surface area (Å²) in [6.45, 7) is 14.2. The van der Waals surface area contributed by atoms with Crippen molar-refractivity contribution in [3.8, 4) is 0 Å². The predicted molar refractivity (Wildman–Crippen MR) is 103 cm³/mol. The highest BCUT2D eigenvalue weighted by Gasteiger charge is 2.18. The number of aliphatic imine (C=N–C) groups is 1. The van der Waals surface area contributed by atoms with Crippen LogP contribution in [0, 0.1) is 5.92 Å². The summed E-state index contributed by atoms with van der Waals surface area (Å²) >= 11 is 0. The zero-order chi connectivity index (χ0) is 17.9. The fraction of sp³-hybridized carbons (Fsp3) is 0.947. The van der Waals surface area contributed by atoms with Gasteiger partial charge in [-0.1, -0.05) is 6.92 Å². The number of piperidine rings is 1. The molecule has 2 rings (SSSR count). The number of rotatable bonds is 9. The molecular formula is C19H38N4O2. The Labute approximate surface area is 153 Å². The summed E-state index contributed by atoms with van der Waals surface area (Å²) in [6, 6.07) is 0.242. The van der Waals surface area contributed by atoms with Crippen LogP contribution in [0.15, 0.2) is 4.99 Å². The van der Waals surface area contributed by atoms with Crippen LogP contribution in [0.4, 0.5) is 0 Å². The minimum atomic E-state index is 0.242. The highest BCUT2D eigenvalue weighted by Crippen LogP contribution is 2.20. The van der Waals surface area contributed by atoms with Gasteiger partial charge < -0.3 is 25.0 Å². The van der Waals surface area contributed by atoms with Crippen molar-refractivity contribution in [2.45, 2.75) is 58.6 Å². The maximum absolute atomic E-state index is 5.89. The first-order valence-corrected chi connectivity index (χ1v) is 10.2. The van der Waals surface area contributed by atoms with E-state index < -0.39 is 0 Å². The number of nitrogens with zero attached hydrogens (tertiary/aromatic N) is 2. The second kappa shape index (κ2) is 11.7. The molecule has 2 fully saturated rings. The van der Waals surface area contributed by atoms with Crippen LogP contribution < -0.4 is 10.6 Å². The fourth-order valence-electron chi connectivity index (χ4n) is 3.47. The summed E-state index contributed by atoms with van der Waals surface area (Å²) in [5.74, 6) is 1.74. The zero-order valence-electron chi connectivity index (χ0n) is 16.4. The largest absolute Gasteiger partial charge is 0.379 e. The molecule has 0 aromatic heterocycles. The molecule has 2 heterocycles. The van der Waals surface area contributed by atoms with Crippen molar-refractivity contribution in [2.75, 3.05) is 52.5 Å². The van der Waals surface area contributed by atoms with Crippen LogP contribution in [0.25, 0.3) is 0 Å². The van der Waals surface area contributed by atoms with E-state index >= 15 is 0 Å². The molecule has 0 aromatic carbocycles. The highest BCUT2D eigenvalue weighted by atomic mass is 16.5. The van der Waals surface area contributed by atoms with Gasteiger partial charge in [0.05, 0.1) is 19.3 Å². The molecule has 0 spiro atoms. The molecule has 0 saturated carbocycles. The summed E-state index contributed by atoms with van der Waals surface area (Å²) in [7, 11) is 0. The van der Waals surface area contributed by atoms with Crippen LogP contribution in [-0.4, -0.2) is 75.5 Å². The first kappa shape index (κ1) is 20.5. The third kappa shape index (κ3) is 7.92. The van der Waals surface area contributed by atoms with E-state index in [1.165, 1.54) is 38.9 Å². The summed E-state index contributed by atoms with van der Waals surface area (Å²) in [4.78, 5) is 7.31. The average molecular weight is 355 g/mol. The lowest BCUT2D eigenvalue weighted by Crippen LogP contribution is -2.44. The SMILES string of the molecule is CCNC(=NCCC1CCN(CC)CC1)NC(C)COC1CCOC1. The Kier molecular flexibility index (Phi) is 9.58. The molecule has 146 valence electrons. The topological polar surface area (TPSA) is 58.1 Å². The number of likely N-dealkylation sites (tertiary alicyclic amines) is 1. The summed E-state index contributed by atoms with van der Waals surface area (Å²) in [5, 5.41) is 6.81. The molecule has 2 aliphatic rings. The Hall–Kier alpha value is -0.850. The van der Waals surface area contributed by atoms with Gasteiger partial charge in [-0.05, 0) is 65.1 Å². The van der Waals surface area contributed by atoms with Crippen molar-refractivity contribution >= 4 is 5.96 Å². The number of hydrogen-bond acceptors (Lipinski definition) is 4. The minimum absolute atomic E-state index is 0.242. The van der Waals surface area contributed by atoms with E-state index in [0.29, 0.717) is 6.61 Å². The van der Waals surface area contributed by atoms with E-state index in [4.69, 9.17) is 14.5 Å². The lowest BCUT2D eigenvalue weighted by Gasteiger charge is -2.30. The van der Waals surface area contributed by atoms with Gasteiger partial charge in [-0.15, -0.1) is 0 Å². The summed E-state index contributed by atoms with van der Waals surface area (Å²) < 4.78 is 11.2. The van der Waals surface area contributed by atoms with E-state index in [0.717, 1.165) is 44.6 Å². The summed E-state index contributed by atoms with van der Waals surface area (Å²) in [6.07, 6.45) is 5.11. The van der Waals surface area contributed by atoms with Crippen molar-refractivity contribution in [1.29, 1.82) is 0 Å². The molecule has 0 aromatic rings. The van der Waals surface area contributed by atoms with Gasteiger partial charge in [-0.25, -0.2) is 0 Å². The van der Waals surface area contributed by atoms with E-state index in [2.05, 4.69) is 36.3 Å². The van der Waals surface area contributed by atoms with Crippen molar-refractivity contribution in [1.82, 2.24) is 15.5 Å². The van der Waals surface area contributed by atoms with Crippen molar-refractivity contribution in [3.05, 3.63) is 0 Å². The molecule has 2 unspecified atom stereocenters. The van der Waals surface area contributed by atoms with Crippen molar-refractivity contribution < 1.29 is 9.47 Å². The van der Waals surface area contributed by atoms with Gasteiger partial charge in [0.1, 0.15) is 0 Å². The molecule has 2 atom stereocenters. The summed E-state index contributed by atoms with van der Waals surface area (Å²) in [5.41, 5.74) is 0. The normalized spacial score (nSPS) is 24.4. The second-order valence-electron chi connectivity index (χ2n) is 7.29. The first-order valence-electron chi connectivity index (χ1n) is 10.2. The molecular weight excluding hydrogens is 316 g/mol. The molecule has 2 saturated heterocycles. The Morgan fingerprint density at radius 3 is 2.72 bits per heavy atom. The van der Waals surface area contributed by atoms with Gasteiger partial charge in [0.2, 0.25) is 0 Å². The Balaban J connectivity index is 1.66. The Morgan fingerprint density at radius 2 is 2.08 bits per heavy atom. The van der Waals surface area contributed by atoms with Gasteiger partial charge in [-0.2, -0.15) is 0 Å². The van der Waals surface area contributed by atoms with Gasteiger partial charge in [0.15, 0.2) is 5.96 Å². The molecule has 6 heteroatoms. The number of ether oxygens (including phenoxy) is 2. The van der Waals surface area contributed by atoms with Crippen LogP contribution in [0.3, 0.4) is 0 Å². The quantitative estimate of drug-likeness (QED) is 0.489. The Bertz CT molecular complexity index is 378. The standard InChI is InChI=1S/C19H38N4O2/c1-4-20-19(22-16(3)14-25-18-9-13-24-15-18)21-10-6-17-7-11-23(5-2)12-8-17/h16-18H,4-15H2,1-3H3,(H2,20,21,22). The second-order valence-corrected chi connectivity index (χ2v) is 7.29. The van der Waals surface area contributed by atoms with E-state index in [1.807, 2.05) is 0 Å². The van der Waals surface area contributed by atoms with Crippen molar-refractivity contribution in [2.24, 2.45) is 10.9 Å². The average Bonchev–Trinajstić information content (AvgIpc) is 3.14. The van der Waals surface area contributed by atoms with Gasteiger partial charge in [-0.3, -0.25) is 4.99 Å². The number of nitrogens with one attached hydrogen (secondary N) is 2. The van der Waals surface area contributed by atoms with E-state index in [9.17, 15) is 0 Å². The molecule has 0 aliphatic carbocycles. The predicted octanol–water partition coefficient (Wildman–Crippen LogP) is 1.86. The lowest BCUT2D eigenvalue weighted by atomic mass is 9.94. The molecule has 6 nitrogen and oxygen atoms in total. The van der Waals surface area contributed by atoms with Gasteiger partial charge in [0.25, 0.3) is 0 Å². The Morgan fingerprint density at radius 1 is 1.28 bits per heavy atom. The molecule has 2 aliphatic heterocycles. The number of hydrogen-bond donors (Lipinski definition) is 2. The highest BCUT2D eigenvalue weighted by molar-refractivity contribution is 5.80. The molecule has 2 N–H and O–H groups in total.